The molecule has 1 saturated heterocycles. The molecule has 9 nitrogen and oxygen atoms in total. The lowest BCUT2D eigenvalue weighted by atomic mass is 9.96. The van der Waals surface area contributed by atoms with Gasteiger partial charge in [-0.2, -0.15) is 9.61 Å². The molecule has 182 valence electrons. The molecule has 0 atom stereocenters. The molecule has 3 heterocycles. The van der Waals surface area contributed by atoms with Gasteiger partial charge in [0.15, 0.2) is 17.1 Å². The Morgan fingerprint density at radius 1 is 1.09 bits per heavy atom. The Morgan fingerprint density at radius 2 is 1.82 bits per heavy atom. The fourth-order valence-electron chi connectivity index (χ4n) is 4.57. The van der Waals surface area contributed by atoms with Crippen LogP contribution in [0.1, 0.15) is 24.2 Å². The first kappa shape index (κ1) is 23.8. The Kier molecular flexibility index (Phi) is 7.21. The standard InChI is InChI=1S/C25H33N5O4/c1-16-14-22(29-11-8-18(9-12-29)25(31)26-10-13-32-3)30-24(27-16)23(17(2)28-30)19-6-7-20(33-4)21(15-19)34-5/h6-7,14-15,18H,8-13H2,1-5H3,(H,26,31). The van der Waals surface area contributed by atoms with Crippen molar-refractivity contribution < 1.29 is 19.0 Å². The smallest absolute Gasteiger partial charge is 0.223 e. The second kappa shape index (κ2) is 10.3. The fraction of sp³-hybridized carbons (Fsp3) is 0.480. The average molecular weight is 468 g/mol. The second-order valence-electron chi connectivity index (χ2n) is 8.57. The number of aromatic nitrogens is 3. The number of ether oxygens (including phenoxy) is 3. The average Bonchev–Trinajstić information content (AvgIpc) is 3.18. The Balaban J connectivity index is 1.62. The molecule has 2 aromatic heterocycles. The third kappa shape index (κ3) is 4.65. The Labute approximate surface area is 200 Å². The van der Waals surface area contributed by atoms with E-state index in [1.807, 2.05) is 36.6 Å². The SMILES string of the molecule is COCCNC(=O)C1CCN(c2cc(C)nc3c(-c4ccc(OC)c(OC)c4)c(C)nn23)CC1. The number of anilines is 1. The van der Waals surface area contributed by atoms with Crippen LogP contribution in [-0.4, -0.2) is 68.1 Å². The zero-order chi connectivity index (χ0) is 24.2. The van der Waals surface area contributed by atoms with Crippen LogP contribution < -0.4 is 19.7 Å². The highest BCUT2D eigenvalue weighted by Gasteiger charge is 2.27. The lowest BCUT2D eigenvalue weighted by molar-refractivity contribution is -0.125. The first-order valence-corrected chi connectivity index (χ1v) is 11.6. The summed E-state index contributed by atoms with van der Waals surface area (Å²) in [6.07, 6.45) is 1.59. The van der Waals surface area contributed by atoms with Gasteiger partial charge in [0.1, 0.15) is 5.82 Å². The molecule has 0 bridgehead atoms. The van der Waals surface area contributed by atoms with Crippen molar-refractivity contribution in [2.24, 2.45) is 5.92 Å². The summed E-state index contributed by atoms with van der Waals surface area (Å²) in [5.74, 6) is 2.47. The van der Waals surface area contributed by atoms with Gasteiger partial charge in [0, 0.05) is 50.0 Å². The Hall–Kier alpha value is -3.33. The van der Waals surface area contributed by atoms with Crippen molar-refractivity contribution in [1.82, 2.24) is 19.9 Å². The molecular weight excluding hydrogens is 434 g/mol. The molecule has 4 rings (SSSR count). The zero-order valence-corrected chi connectivity index (χ0v) is 20.6. The van der Waals surface area contributed by atoms with Gasteiger partial charge in [-0.05, 0) is 44.4 Å². The summed E-state index contributed by atoms with van der Waals surface area (Å²) in [7, 11) is 4.89. The highest BCUT2D eigenvalue weighted by Crippen LogP contribution is 2.36. The maximum atomic E-state index is 12.5. The van der Waals surface area contributed by atoms with Gasteiger partial charge < -0.3 is 24.4 Å². The third-order valence-electron chi connectivity index (χ3n) is 6.34. The van der Waals surface area contributed by atoms with E-state index in [2.05, 4.69) is 16.3 Å². The van der Waals surface area contributed by atoms with E-state index >= 15 is 0 Å². The molecule has 3 aromatic rings. The molecule has 1 aliphatic rings. The number of amides is 1. The van der Waals surface area contributed by atoms with E-state index in [0.29, 0.717) is 24.7 Å². The number of piperidine rings is 1. The van der Waals surface area contributed by atoms with E-state index < -0.39 is 0 Å². The molecule has 0 saturated carbocycles. The fourth-order valence-corrected chi connectivity index (χ4v) is 4.57. The molecule has 1 fully saturated rings. The lowest BCUT2D eigenvalue weighted by Gasteiger charge is -2.33. The van der Waals surface area contributed by atoms with Crippen molar-refractivity contribution in [3.63, 3.8) is 0 Å². The van der Waals surface area contributed by atoms with Gasteiger partial charge in [0.05, 0.1) is 26.5 Å². The number of benzene rings is 1. The highest BCUT2D eigenvalue weighted by atomic mass is 16.5. The van der Waals surface area contributed by atoms with Crippen LogP contribution in [0.25, 0.3) is 16.8 Å². The number of carbonyl (C=O) groups excluding carboxylic acids is 1. The number of carbonyl (C=O) groups is 1. The number of rotatable bonds is 8. The topological polar surface area (TPSA) is 90.2 Å². The normalized spacial score (nSPS) is 14.4. The maximum Gasteiger partial charge on any atom is 0.223 e. The number of aryl methyl sites for hydroxylation is 2. The quantitative estimate of drug-likeness (QED) is 0.509. The minimum absolute atomic E-state index is 0.0215. The molecule has 0 radical (unpaired) electrons. The summed E-state index contributed by atoms with van der Waals surface area (Å²) in [6, 6.07) is 7.93. The number of hydrogen-bond donors (Lipinski definition) is 1. The summed E-state index contributed by atoms with van der Waals surface area (Å²) >= 11 is 0. The summed E-state index contributed by atoms with van der Waals surface area (Å²) in [6.45, 7) is 6.64. The van der Waals surface area contributed by atoms with Crippen molar-refractivity contribution in [2.75, 3.05) is 52.5 Å². The van der Waals surface area contributed by atoms with E-state index in [-0.39, 0.29) is 11.8 Å². The predicted molar refractivity (Wildman–Crippen MR) is 131 cm³/mol. The molecule has 0 spiro atoms. The van der Waals surface area contributed by atoms with Crippen LogP contribution in [-0.2, 0) is 9.53 Å². The van der Waals surface area contributed by atoms with Gasteiger partial charge in [-0.3, -0.25) is 4.79 Å². The van der Waals surface area contributed by atoms with E-state index in [9.17, 15) is 4.79 Å². The number of fused-ring (bicyclic) bond motifs is 1. The zero-order valence-electron chi connectivity index (χ0n) is 20.6. The van der Waals surface area contributed by atoms with Gasteiger partial charge in [0.25, 0.3) is 0 Å². The van der Waals surface area contributed by atoms with Crippen molar-refractivity contribution in [1.29, 1.82) is 0 Å². The van der Waals surface area contributed by atoms with E-state index in [0.717, 1.165) is 59.9 Å². The van der Waals surface area contributed by atoms with Crippen molar-refractivity contribution in [2.45, 2.75) is 26.7 Å². The molecule has 0 aliphatic carbocycles. The van der Waals surface area contributed by atoms with Crippen LogP contribution in [0.15, 0.2) is 24.3 Å². The van der Waals surface area contributed by atoms with Gasteiger partial charge in [0.2, 0.25) is 5.91 Å². The molecule has 34 heavy (non-hydrogen) atoms. The molecular formula is C25H33N5O4. The Bertz CT molecular complexity index is 1170. The summed E-state index contributed by atoms with van der Waals surface area (Å²) in [4.78, 5) is 19.6. The van der Waals surface area contributed by atoms with E-state index in [4.69, 9.17) is 24.3 Å². The molecule has 9 heteroatoms. The number of hydrogen-bond acceptors (Lipinski definition) is 7. The number of methoxy groups -OCH3 is 3. The van der Waals surface area contributed by atoms with Crippen LogP contribution in [0.5, 0.6) is 11.5 Å². The summed E-state index contributed by atoms with van der Waals surface area (Å²) in [5.41, 5.74) is 4.56. The number of nitrogens with one attached hydrogen (secondary N) is 1. The van der Waals surface area contributed by atoms with Crippen molar-refractivity contribution in [3.05, 3.63) is 35.7 Å². The Morgan fingerprint density at radius 3 is 2.50 bits per heavy atom. The minimum Gasteiger partial charge on any atom is -0.493 e. The van der Waals surface area contributed by atoms with Crippen LogP contribution in [0.3, 0.4) is 0 Å². The lowest BCUT2D eigenvalue weighted by Crippen LogP contribution is -2.42. The van der Waals surface area contributed by atoms with Gasteiger partial charge in [-0.25, -0.2) is 4.98 Å². The van der Waals surface area contributed by atoms with Crippen molar-refractivity contribution in [3.8, 4) is 22.6 Å². The molecule has 0 unspecified atom stereocenters. The monoisotopic (exact) mass is 467 g/mol. The first-order chi connectivity index (χ1) is 16.5. The van der Waals surface area contributed by atoms with E-state index in [1.54, 1.807) is 21.3 Å². The molecule has 1 aliphatic heterocycles. The van der Waals surface area contributed by atoms with Gasteiger partial charge in [-0.15, -0.1) is 0 Å². The molecule has 1 aromatic carbocycles. The van der Waals surface area contributed by atoms with Gasteiger partial charge in [-0.1, -0.05) is 6.07 Å². The minimum atomic E-state index is 0.0215. The summed E-state index contributed by atoms with van der Waals surface area (Å²) in [5, 5.41) is 7.82. The van der Waals surface area contributed by atoms with Gasteiger partial charge >= 0.3 is 0 Å². The highest BCUT2D eigenvalue weighted by molar-refractivity contribution is 5.82. The largest absolute Gasteiger partial charge is 0.493 e. The summed E-state index contributed by atoms with van der Waals surface area (Å²) < 4.78 is 17.8. The van der Waals surface area contributed by atoms with Crippen LogP contribution in [0.4, 0.5) is 5.82 Å². The third-order valence-corrected chi connectivity index (χ3v) is 6.34. The van der Waals surface area contributed by atoms with Crippen molar-refractivity contribution >= 4 is 17.4 Å². The molecule has 1 amide bonds. The predicted octanol–water partition coefficient (Wildman–Crippen LogP) is 3.01. The van der Waals surface area contributed by atoms with Crippen LogP contribution in [0.2, 0.25) is 0 Å². The van der Waals surface area contributed by atoms with Crippen LogP contribution >= 0.6 is 0 Å². The first-order valence-electron chi connectivity index (χ1n) is 11.6. The van der Waals surface area contributed by atoms with E-state index in [1.165, 1.54) is 0 Å². The molecule has 1 N–H and O–H groups in total. The van der Waals surface area contributed by atoms with Crippen LogP contribution in [0, 0.1) is 19.8 Å². The number of nitrogens with zero attached hydrogens (tertiary/aromatic N) is 4. The maximum absolute atomic E-state index is 12.5. The second-order valence-corrected chi connectivity index (χ2v) is 8.57.